The molecule has 1 fully saturated rings. The van der Waals surface area contributed by atoms with E-state index in [1.54, 1.807) is 5.56 Å². The quantitative estimate of drug-likeness (QED) is 0.356. The first kappa shape index (κ1) is 23.1. The molecule has 2 heterocycles. The number of hydrogen-bond acceptors (Lipinski definition) is 2. The maximum Gasteiger partial charge on any atom is 0.0790 e. The number of fused-ring (bicyclic) bond motifs is 1. The van der Waals surface area contributed by atoms with Crippen LogP contribution in [0.1, 0.15) is 80.6 Å². The fourth-order valence-electron chi connectivity index (χ4n) is 5.34. The van der Waals surface area contributed by atoms with E-state index in [-0.39, 0.29) is 6.10 Å². The van der Waals surface area contributed by atoms with Crippen molar-refractivity contribution in [1.29, 1.82) is 0 Å². The summed E-state index contributed by atoms with van der Waals surface area (Å²) in [7, 11) is 0. The van der Waals surface area contributed by atoms with Gasteiger partial charge in [-0.25, -0.2) is 0 Å². The van der Waals surface area contributed by atoms with Crippen LogP contribution in [0.25, 0.3) is 10.9 Å². The second kappa shape index (κ2) is 11.2. The highest BCUT2D eigenvalue weighted by molar-refractivity contribution is 5.84. The van der Waals surface area contributed by atoms with Crippen molar-refractivity contribution in [2.45, 2.75) is 77.4 Å². The summed E-state index contributed by atoms with van der Waals surface area (Å²) >= 11 is 0. The summed E-state index contributed by atoms with van der Waals surface area (Å²) in [6.07, 6.45) is 10.3. The van der Waals surface area contributed by atoms with Gasteiger partial charge in [0.25, 0.3) is 0 Å². The van der Waals surface area contributed by atoms with E-state index >= 15 is 0 Å². The number of aliphatic hydroxyl groups is 1. The Kier molecular flexibility index (Phi) is 8.05. The zero-order valence-electron chi connectivity index (χ0n) is 20.0. The number of benzene rings is 2. The summed E-state index contributed by atoms with van der Waals surface area (Å²) < 4.78 is 2.50. The Hall–Kier alpha value is -2.10. The van der Waals surface area contributed by atoms with E-state index in [0.717, 1.165) is 31.5 Å². The van der Waals surface area contributed by atoms with Gasteiger partial charge >= 0.3 is 0 Å². The van der Waals surface area contributed by atoms with Gasteiger partial charge in [0, 0.05) is 23.6 Å². The summed E-state index contributed by atoms with van der Waals surface area (Å²) in [4.78, 5) is 2.60. The molecular formula is C29H40N2O. The smallest absolute Gasteiger partial charge is 0.0790 e. The highest BCUT2D eigenvalue weighted by Gasteiger charge is 2.23. The van der Waals surface area contributed by atoms with Crippen LogP contribution in [-0.2, 0) is 6.54 Å². The molecule has 2 aromatic carbocycles. The van der Waals surface area contributed by atoms with Gasteiger partial charge in [0.2, 0.25) is 0 Å². The van der Waals surface area contributed by atoms with Crippen LogP contribution in [0.15, 0.2) is 54.7 Å². The summed E-state index contributed by atoms with van der Waals surface area (Å²) in [5, 5.41) is 12.0. The van der Waals surface area contributed by atoms with Crippen molar-refractivity contribution in [2.75, 3.05) is 19.6 Å². The molecule has 1 aliphatic rings. The summed E-state index contributed by atoms with van der Waals surface area (Å²) in [5.41, 5.74) is 5.24. The molecule has 1 atom stereocenters. The molecule has 172 valence electrons. The molecule has 3 heteroatoms. The van der Waals surface area contributed by atoms with Gasteiger partial charge in [-0.05, 0) is 81.8 Å². The van der Waals surface area contributed by atoms with E-state index in [1.807, 2.05) is 12.1 Å². The Morgan fingerprint density at radius 1 is 0.969 bits per heavy atom. The largest absolute Gasteiger partial charge is 0.388 e. The minimum atomic E-state index is -0.341. The second-order valence-corrected chi connectivity index (χ2v) is 9.69. The first-order valence-electron chi connectivity index (χ1n) is 12.7. The molecule has 1 aliphatic heterocycles. The molecular weight excluding hydrogens is 392 g/mol. The van der Waals surface area contributed by atoms with Crippen molar-refractivity contribution in [3.8, 4) is 0 Å². The first-order valence-corrected chi connectivity index (χ1v) is 12.7. The highest BCUT2D eigenvalue weighted by Crippen LogP contribution is 2.35. The lowest BCUT2D eigenvalue weighted by atomic mass is 9.89. The maximum absolute atomic E-state index is 10.5. The van der Waals surface area contributed by atoms with Crippen molar-refractivity contribution in [3.63, 3.8) is 0 Å². The van der Waals surface area contributed by atoms with Crippen molar-refractivity contribution in [3.05, 3.63) is 71.4 Å². The molecule has 1 unspecified atom stereocenters. The number of para-hydroxylation sites is 1. The van der Waals surface area contributed by atoms with E-state index in [2.05, 4.69) is 65.9 Å². The molecule has 0 radical (unpaired) electrons. The summed E-state index contributed by atoms with van der Waals surface area (Å²) in [5.74, 6) is 0.668. The number of nitrogens with zero attached hydrogens (tertiary/aromatic N) is 2. The minimum absolute atomic E-state index is 0.341. The van der Waals surface area contributed by atoms with Crippen LogP contribution in [-0.4, -0.2) is 34.2 Å². The molecule has 1 N–H and O–H groups in total. The van der Waals surface area contributed by atoms with Crippen LogP contribution in [0.2, 0.25) is 0 Å². The number of aromatic nitrogens is 1. The third kappa shape index (κ3) is 5.63. The van der Waals surface area contributed by atoms with Gasteiger partial charge in [0.15, 0.2) is 0 Å². The van der Waals surface area contributed by atoms with E-state index in [9.17, 15) is 5.11 Å². The van der Waals surface area contributed by atoms with Gasteiger partial charge in [0.05, 0.1) is 6.10 Å². The first-order chi connectivity index (χ1) is 15.7. The number of aliphatic hydroxyl groups excluding tert-OH is 1. The molecule has 3 nitrogen and oxygen atoms in total. The van der Waals surface area contributed by atoms with Crippen molar-refractivity contribution in [1.82, 2.24) is 9.47 Å². The van der Waals surface area contributed by atoms with Crippen LogP contribution in [0.5, 0.6) is 0 Å². The second-order valence-electron chi connectivity index (χ2n) is 9.69. The SMILES string of the molecule is CCCCCn1cc(C2CCN(CCCC(O)c3cccc(C)c3)CC2)c2ccccc21. The highest BCUT2D eigenvalue weighted by atomic mass is 16.3. The van der Waals surface area contributed by atoms with Gasteiger partial charge in [-0.1, -0.05) is 67.8 Å². The predicted molar refractivity (Wildman–Crippen MR) is 135 cm³/mol. The topological polar surface area (TPSA) is 28.4 Å². The van der Waals surface area contributed by atoms with Gasteiger partial charge in [0.1, 0.15) is 0 Å². The average molecular weight is 433 g/mol. The molecule has 0 aliphatic carbocycles. The molecule has 0 bridgehead atoms. The molecule has 32 heavy (non-hydrogen) atoms. The zero-order chi connectivity index (χ0) is 22.3. The lowest BCUT2D eigenvalue weighted by Gasteiger charge is -2.32. The summed E-state index contributed by atoms with van der Waals surface area (Å²) in [6.45, 7) is 8.92. The third-order valence-electron chi connectivity index (χ3n) is 7.23. The van der Waals surface area contributed by atoms with Gasteiger partial charge < -0.3 is 14.6 Å². The molecule has 1 aromatic heterocycles. The Labute approximate surface area is 194 Å². The normalized spacial score (nSPS) is 16.6. The molecule has 0 amide bonds. The number of likely N-dealkylation sites (tertiary alicyclic amines) is 1. The zero-order valence-corrected chi connectivity index (χ0v) is 20.0. The van der Waals surface area contributed by atoms with Crippen molar-refractivity contribution >= 4 is 10.9 Å². The van der Waals surface area contributed by atoms with Crippen molar-refractivity contribution < 1.29 is 5.11 Å². The van der Waals surface area contributed by atoms with Crippen molar-refractivity contribution in [2.24, 2.45) is 0 Å². The molecule has 0 spiro atoms. The molecule has 4 rings (SSSR count). The van der Waals surface area contributed by atoms with Crippen LogP contribution < -0.4 is 0 Å². The number of rotatable bonds is 10. The van der Waals surface area contributed by atoms with Crippen LogP contribution in [0, 0.1) is 6.92 Å². The Bertz CT molecular complexity index is 984. The van der Waals surface area contributed by atoms with Gasteiger partial charge in [-0.15, -0.1) is 0 Å². The average Bonchev–Trinajstić information content (AvgIpc) is 3.18. The van der Waals surface area contributed by atoms with Gasteiger partial charge in [-0.3, -0.25) is 0 Å². The lowest BCUT2D eigenvalue weighted by molar-refractivity contribution is 0.148. The minimum Gasteiger partial charge on any atom is -0.388 e. The summed E-state index contributed by atoms with van der Waals surface area (Å²) in [6, 6.07) is 17.3. The van der Waals surface area contributed by atoms with Crippen LogP contribution in [0.4, 0.5) is 0 Å². The van der Waals surface area contributed by atoms with E-state index in [1.165, 1.54) is 61.7 Å². The Balaban J connectivity index is 1.29. The van der Waals surface area contributed by atoms with Crippen LogP contribution in [0.3, 0.4) is 0 Å². The van der Waals surface area contributed by atoms with Gasteiger partial charge in [-0.2, -0.15) is 0 Å². The third-order valence-corrected chi connectivity index (χ3v) is 7.23. The Morgan fingerprint density at radius 3 is 2.56 bits per heavy atom. The standard InChI is InChI=1S/C29H40N2O/c1-3-4-7-18-31-22-27(26-12-5-6-13-28(26)31)24-15-19-30(20-16-24)17-9-14-29(32)25-11-8-10-23(2)21-25/h5-6,8,10-13,21-22,24,29,32H,3-4,7,9,14-20H2,1-2H3. The number of hydrogen-bond donors (Lipinski definition) is 1. The fraction of sp³-hybridized carbons (Fsp3) is 0.517. The lowest BCUT2D eigenvalue weighted by Crippen LogP contribution is -2.33. The van der Waals surface area contributed by atoms with Crippen LogP contribution >= 0.6 is 0 Å². The number of piperidine rings is 1. The van der Waals surface area contributed by atoms with E-state index in [4.69, 9.17) is 0 Å². The molecule has 3 aromatic rings. The number of aryl methyl sites for hydroxylation is 2. The van der Waals surface area contributed by atoms with E-state index < -0.39 is 0 Å². The molecule has 1 saturated heterocycles. The molecule has 0 saturated carbocycles. The van der Waals surface area contributed by atoms with E-state index in [0.29, 0.717) is 5.92 Å². The monoisotopic (exact) mass is 432 g/mol. The fourth-order valence-corrected chi connectivity index (χ4v) is 5.34. The maximum atomic E-state index is 10.5. The number of unbranched alkanes of at least 4 members (excludes halogenated alkanes) is 2. The Morgan fingerprint density at radius 2 is 1.78 bits per heavy atom. The predicted octanol–water partition coefficient (Wildman–Crippen LogP) is 6.83.